The highest BCUT2D eigenvalue weighted by Gasteiger charge is 2.31. The number of carbonyl (C=O) groups excluding carboxylic acids is 1. The molecular weight excluding hydrogens is 346 g/mol. The molecule has 0 bridgehead atoms. The van der Waals surface area contributed by atoms with E-state index in [9.17, 15) is 14.9 Å². The van der Waals surface area contributed by atoms with Gasteiger partial charge in [0.2, 0.25) is 5.69 Å². The number of halogens is 1. The number of hydrogen-bond donors (Lipinski definition) is 2. The number of amides is 1. The molecular formula is C16H20ClN5O3. The fourth-order valence-electron chi connectivity index (χ4n) is 3.33. The van der Waals surface area contributed by atoms with Crippen molar-refractivity contribution in [2.75, 3.05) is 5.73 Å². The number of nitrogen functional groups attached to an aromatic ring is 1. The van der Waals surface area contributed by atoms with Crippen LogP contribution >= 0.6 is 12.4 Å². The second-order valence-electron chi connectivity index (χ2n) is 6.04. The van der Waals surface area contributed by atoms with Crippen molar-refractivity contribution in [1.82, 2.24) is 15.1 Å². The SMILES string of the molecule is Cc1nn(C)c(C(=O)NC2CCCc3cc(N)ccc32)c1[N+](=O)[O-].Cl. The van der Waals surface area contributed by atoms with Crippen LogP contribution in [0.2, 0.25) is 0 Å². The number of nitrogens with zero attached hydrogens (tertiary/aromatic N) is 3. The average molecular weight is 366 g/mol. The van der Waals surface area contributed by atoms with Crippen molar-refractivity contribution in [1.29, 1.82) is 0 Å². The van der Waals surface area contributed by atoms with Gasteiger partial charge in [-0.15, -0.1) is 12.4 Å². The number of benzene rings is 1. The molecule has 1 atom stereocenters. The predicted molar refractivity (Wildman–Crippen MR) is 95.8 cm³/mol. The molecule has 1 aliphatic rings. The maximum Gasteiger partial charge on any atom is 0.322 e. The molecule has 134 valence electrons. The minimum atomic E-state index is -0.563. The van der Waals surface area contributed by atoms with Crippen LogP contribution in [0.5, 0.6) is 0 Å². The third kappa shape index (κ3) is 3.43. The Labute approximate surface area is 151 Å². The van der Waals surface area contributed by atoms with E-state index in [2.05, 4.69) is 10.4 Å². The number of aryl methyl sites for hydroxylation is 3. The maximum atomic E-state index is 12.6. The summed E-state index contributed by atoms with van der Waals surface area (Å²) in [5.41, 5.74) is 8.60. The van der Waals surface area contributed by atoms with Gasteiger partial charge < -0.3 is 11.1 Å². The first kappa shape index (κ1) is 18.7. The highest BCUT2D eigenvalue weighted by atomic mass is 35.5. The lowest BCUT2D eigenvalue weighted by molar-refractivity contribution is -0.385. The van der Waals surface area contributed by atoms with E-state index >= 15 is 0 Å². The Morgan fingerprint density at radius 1 is 1.48 bits per heavy atom. The minimum absolute atomic E-state index is 0. The number of fused-ring (bicyclic) bond motifs is 1. The summed E-state index contributed by atoms with van der Waals surface area (Å²) in [6, 6.07) is 5.46. The van der Waals surface area contributed by atoms with Gasteiger partial charge in [-0.25, -0.2) is 0 Å². The second kappa shape index (κ2) is 7.10. The van der Waals surface area contributed by atoms with E-state index in [-0.39, 0.29) is 35.5 Å². The summed E-state index contributed by atoms with van der Waals surface area (Å²) in [7, 11) is 1.53. The quantitative estimate of drug-likeness (QED) is 0.492. The standard InChI is InChI=1S/C16H19N5O3.ClH/c1-9-14(21(23)24)15(20(2)19-9)16(22)18-13-5-3-4-10-8-11(17)6-7-12(10)13;/h6-8,13H,3-5,17H2,1-2H3,(H,18,22);1H. The molecule has 2 aromatic rings. The number of hydrogen-bond acceptors (Lipinski definition) is 5. The van der Waals surface area contributed by atoms with Crippen molar-refractivity contribution in [3.63, 3.8) is 0 Å². The van der Waals surface area contributed by atoms with Crippen LogP contribution in [-0.4, -0.2) is 20.6 Å². The normalized spacial score (nSPS) is 15.8. The second-order valence-corrected chi connectivity index (χ2v) is 6.04. The molecule has 1 unspecified atom stereocenters. The Morgan fingerprint density at radius 2 is 2.20 bits per heavy atom. The molecule has 1 amide bonds. The van der Waals surface area contributed by atoms with Crippen molar-refractivity contribution >= 4 is 29.7 Å². The molecule has 0 aliphatic heterocycles. The number of aromatic nitrogens is 2. The fraction of sp³-hybridized carbons (Fsp3) is 0.375. The van der Waals surface area contributed by atoms with Gasteiger partial charge in [0, 0.05) is 12.7 Å². The lowest BCUT2D eigenvalue weighted by atomic mass is 9.87. The number of carbonyl (C=O) groups is 1. The molecule has 0 saturated heterocycles. The number of anilines is 1. The lowest BCUT2D eigenvalue weighted by Gasteiger charge is -2.26. The number of rotatable bonds is 3. The van der Waals surface area contributed by atoms with Crippen LogP contribution in [0.3, 0.4) is 0 Å². The molecule has 1 aromatic carbocycles. The average Bonchev–Trinajstić information content (AvgIpc) is 2.81. The van der Waals surface area contributed by atoms with Gasteiger partial charge in [0.05, 0.1) is 11.0 Å². The van der Waals surface area contributed by atoms with E-state index in [1.165, 1.54) is 18.7 Å². The molecule has 3 N–H and O–H groups in total. The molecule has 1 heterocycles. The van der Waals surface area contributed by atoms with Gasteiger partial charge >= 0.3 is 5.69 Å². The largest absolute Gasteiger partial charge is 0.399 e. The number of nitrogens with two attached hydrogens (primary N) is 1. The van der Waals surface area contributed by atoms with E-state index in [1.807, 2.05) is 12.1 Å². The minimum Gasteiger partial charge on any atom is -0.399 e. The van der Waals surface area contributed by atoms with Crippen LogP contribution < -0.4 is 11.1 Å². The van der Waals surface area contributed by atoms with E-state index < -0.39 is 10.8 Å². The monoisotopic (exact) mass is 365 g/mol. The molecule has 1 aliphatic carbocycles. The van der Waals surface area contributed by atoms with Crippen LogP contribution in [0.25, 0.3) is 0 Å². The van der Waals surface area contributed by atoms with Crippen LogP contribution in [0.1, 0.15) is 46.2 Å². The first-order chi connectivity index (χ1) is 11.4. The maximum absolute atomic E-state index is 12.6. The Kier molecular flexibility index (Phi) is 5.32. The zero-order chi connectivity index (χ0) is 17.4. The van der Waals surface area contributed by atoms with Crippen LogP contribution in [-0.2, 0) is 13.5 Å². The third-order valence-corrected chi connectivity index (χ3v) is 4.37. The summed E-state index contributed by atoms with van der Waals surface area (Å²) >= 11 is 0. The van der Waals surface area contributed by atoms with E-state index in [4.69, 9.17) is 5.73 Å². The zero-order valence-corrected chi connectivity index (χ0v) is 14.8. The van der Waals surface area contributed by atoms with Crippen LogP contribution in [0, 0.1) is 17.0 Å². The fourth-order valence-corrected chi connectivity index (χ4v) is 3.33. The summed E-state index contributed by atoms with van der Waals surface area (Å²) < 4.78 is 1.26. The van der Waals surface area contributed by atoms with Gasteiger partial charge in [-0.2, -0.15) is 5.10 Å². The molecule has 3 rings (SSSR count). The van der Waals surface area contributed by atoms with Gasteiger partial charge in [0.25, 0.3) is 5.91 Å². The highest BCUT2D eigenvalue weighted by molar-refractivity contribution is 5.97. The van der Waals surface area contributed by atoms with Crippen LogP contribution in [0.15, 0.2) is 18.2 Å². The van der Waals surface area contributed by atoms with Crippen LogP contribution in [0.4, 0.5) is 11.4 Å². The van der Waals surface area contributed by atoms with Crippen molar-refractivity contribution in [2.45, 2.75) is 32.2 Å². The lowest BCUT2D eigenvalue weighted by Crippen LogP contribution is -2.32. The molecule has 0 radical (unpaired) electrons. The highest BCUT2D eigenvalue weighted by Crippen LogP contribution is 2.32. The first-order valence-corrected chi connectivity index (χ1v) is 7.75. The van der Waals surface area contributed by atoms with Gasteiger partial charge in [-0.1, -0.05) is 6.07 Å². The van der Waals surface area contributed by atoms with Gasteiger partial charge in [0.15, 0.2) is 0 Å². The Hall–Kier alpha value is -2.61. The Morgan fingerprint density at radius 3 is 2.88 bits per heavy atom. The summed E-state index contributed by atoms with van der Waals surface area (Å²) in [4.78, 5) is 23.3. The van der Waals surface area contributed by atoms with Gasteiger partial charge in [0.1, 0.15) is 5.69 Å². The summed E-state index contributed by atoms with van der Waals surface area (Å²) in [6.45, 7) is 1.52. The van der Waals surface area contributed by atoms with Crippen molar-refractivity contribution in [2.24, 2.45) is 7.05 Å². The smallest absolute Gasteiger partial charge is 0.322 e. The molecule has 1 aromatic heterocycles. The molecule has 8 nitrogen and oxygen atoms in total. The first-order valence-electron chi connectivity index (χ1n) is 7.75. The molecule has 25 heavy (non-hydrogen) atoms. The summed E-state index contributed by atoms with van der Waals surface area (Å²) in [5, 5.41) is 18.2. The van der Waals surface area contributed by atoms with E-state index in [1.54, 1.807) is 6.07 Å². The molecule has 0 saturated carbocycles. The van der Waals surface area contributed by atoms with Gasteiger partial charge in [-0.3, -0.25) is 19.6 Å². The summed E-state index contributed by atoms with van der Waals surface area (Å²) in [6.07, 6.45) is 2.62. The van der Waals surface area contributed by atoms with E-state index in [0.29, 0.717) is 5.69 Å². The third-order valence-electron chi connectivity index (χ3n) is 4.37. The molecule has 0 fully saturated rings. The van der Waals surface area contributed by atoms with E-state index in [0.717, 1.165) is 30.4 Å². The predicted octanol–water partition coefficient (Wildman–Crippen LogP) is 2.45. The summed E-state index contributed by atoms with van der Waals surface area (Å²) in [5.74, 6) is -0.487. The number of nitrogens with one attached hydrogen (secondary N) is 1. The van der Waals surface area contributed by atoms with Crippen molar-refractivity contribution in [3.8, 4) is 0 Å². The zero-order valence-electron chi connectivity index (χ0n) is 14.0. The van der Waals surface area contributed by atoms with Crippen molar-refractivity contribution in [3.05, 3.63) is 50.8 Å². The number of nitro groups is 1. The molecule has 9 heteroatoms. The molecule has 0 spiro atoms. The topological polar surface area (TPSA) is 116 Å². The van der Waals surface area contributed by atoms with Gasteiger partial charge in [-0.05, 0) is 49.4 Å². The van der Waals surface area contributed by atoms with Crippen molar-refractivity contribution < 1.29 is 9.72 Å². The Bertz CT molecular complexity index is 833. The Balaban J connectivity index is 0.00000225.